The Morgan fingerprint density at radius 3 is 2.80 bits per heavy atom. The van der Waals surface area contributed by atoms with Gasteiger partial charge in [-0.15, -0.1) is 0 Å². The number of sulfone groups is 1. The number of nitrogens with one attached hydrogen (secondary N) is 1. The van der Waals surface area contributed by atoms with E-state index in [9.17, 15) is 13.2 Å². The molecule has 2 heterocycles. The van der Waals surface area contributed by atoms with Crippen LogP contribution in [-0.4, -0.2) is 60.9 Å². The standard InChI is InChI=1S/C12H17N3O3S2/c1-13-10-4-3-9(7-14-10)12(16)15-5-6-19-8-11(15)20(2,17)18/h3-4,7,11H,5-6,8H2,1-2H3,(H,13,14). The largest absolute Gasteiger partial charge is 0.373 e. The van der Waals surface area contributed by atoms with E-state index < -0.39 is 15.2 Å². The second-order valence-corrected chi connectivity index (χ2v) is 7.89. The lowest BCUT2D eigenvalue weighted by molar-refractivity contribution is 0.0749. The molecule has 0 radical (unpaired) electrons. The Bertz CT molecular complexity index is 586. The Labute approximate surface area is 122 Å². The molecule has 110 valence electrons. The molecule has 1 aliphatic heterocycles. The number of aromatic nitrogens is 1. The Hall–Kier alpha value is -1.28. The first-order chi connectivity index (χ1) is 9.43. The monoisotopic (exact) mass is 315 g/mol. The Balaban J connectivity index is 2.25. The number of carbonyl (C=O) groups is 1. The summed E-state index contributed by atoms with van der Waals surface area (Å²) in [6, 6.07) is 3.35. The fourth-order valence-electron chi connectivity index (χ4n) is 2.00. The highest BCUT2D eigenvalue weighted by atomic mass is 32.2. The van der Waals surface area contributed by atoms with E-state index in [4.69, 9.17) is 0 Å². The number of nitrogens with zero attached hydrogens (tertiary/aromatic N) is 2. The molecule has 0 aliphatic carbocycles. The lowest BCUT2D eigenvalue weighted by atomic mass is 10.2. The van der Waals surface area contributed by atoms with Crippen LogP contribution in [0.5, 0.6) is 0 Å². The molecular weight excluding hydrogens is 298 g/mol. The van der Waals surface area contributed by atoms with Gasteiger partial charge in [0.2, 0.25) is 0 Å². The summed E-state index contributed by atoms with van der Waals surface area (Å²) in [5, 5.41) is 2.12. The van der Waals surface area contributed by atoms with E-state index in [-0.39, 0.29) is 5.91 Å². The number of rotatable bonds is 3. The van der Waals surface area contributed by atoms with Crippen LogP contribution in [-0.2, 0) is 9.84 Å². The molecule has 8 heteroatoms. The first-order valence-electron chi connectivity index (χ1n) is 6.15. The van der Waals surface area contributed by atoms with Crippen LogP contribution in [0.1, 0.15) is 10.4 Å². The molecule has 0 spiro atoms. The van der Waals surface area contributed by atoms with E-state index in [1.54, 1.807) is 30.9 Å². The van der Waals surface area contributed by atoms with Gasteiger partial charge in [-0.2, -0.15) is 11.8 Å². The summed E-state index contributed by atoms with van der Waals surface area (Å²) >= 11 is 1.55. The quantitative estimate of drug-likeness (QED) is 0.884. The highest BCUT2D eigenvalue weighted by molar-refractivity contribution is 8.00. The van der Waals surface area contributed by atoms with Gasteiger partial charge in [-0.1, -0.05) is 0 Å². The number of thioether (sulfide) groups is 1. The number of amides is 1. The second-order valence-electron chi connectivity index (χ2n) is 4.54. The van der Waals surface area contributed by atoms with Crippen molar-refractivity contribution < 1.29 is 13.2 Å². The average Bonchev–Trinajstić information content (AvgIpc) is 2.46. The molecule has 20 heavy (non-hydrogen) atoms. The summed E-state index contributed by atoms with van der Waals surface area (Å²) in [5.41, 5.74) is 0.407. The van der Waals surface area contributed by atoms with Crippen molar-refractivity contribution in [3.8, 4) is 0 Å². The second kappa shape index (κ2) is 6.01. The number of pyridine rings is 1. The average molecular weight is 315 g/mol. The first kappa shape index (κ1) is 15.1. The van der Waals surface area contributed by atoms with Crippen LogP contribution in [0.2, 0.25) is 0 Å². The summed E-state index contributed by atoms with van der Waals surface area (Å²) in [6.07, 6.45) is 2.64. The maximum atomic E-state index is 12.4. The minimum Gasteiger partial charge on any atom is -0.373 e. The summed E-state index contributed by atoms with van der Waals surface area (Å²) in [5.74, 6) is 1.55. The Morgan fingerprint density at radius 1 is 1.50 bits per heavy atom. The van der Waals surface area contributed by atoms with Crippen molar-refractivity contribution in [1.82, 2.24) is 9.88 Å². The Morgan fingerprint density at radius 2 is 2.25 bits per heavy atom. The molecule has 1 amide bonds. The lowest BCUT2D eigenvalue weighted by Gasteiger charge is -2.34. The Kier molecular flexibility index (Phi) is 4.54. The fourth-order valence-corrected chi connectivity index (χ4v) is 4.82. The van der Waals surface area contributed by atoms with Crippen LogP contribution in [0, 0.1) is 0 Å². The zero-order valence-electron chi connectivity index (χ0n) is 11.4. The van der Waals surface area contributed by atoms with Crippen LogP contribution in [0.15, 0.2) is 18.3 Å². The van der Waals surface area contributed by atoms with Gasteiger partial charge in [0.25, 0.3) is 5.91 Å². The molecule has 1 aliphatic rings. The first-order valence-corrected chi connectivity index (χ1v) is 9.26. The van der Waals surface area contributed by atoms with E-state index in [1.165, 1.54) is 17.4 Å². The third kappa shape index (κ3) is 3.24. The van der Waals surface area contributed by atoms with Gasteiger partial charge >= 0.3 is 0 Å². The van der Waals surface area contributed by atoms with Crippen LogP contribution in [0.3, 0.4) is 0 Å². The van der Waals surface area contributed by atoms with E-state index in [0.717, 1.165) is 5.75 Å². The van der Waals surface area contributed by atoms with Gasteiger partial charge in [0.15, 0.2) is 9.84 Å². The third-order valence-corrected chi connectivity index (χ3v) is 5.75. The van der Waals surface area contributed by atoms with Gasteiger partial charge < -0.3 is 10.2 Å². The van der Waals surface area contributed by atoms with Crippen molar-refractivity contribution >= 4 is 33.3 Å². The third-order valence-electron chi connectivity index (χ3n) is 3.11. The van der Waals surface area contributed by atoms with Crippen molar-refractivity contribution in [2.75, 3.05) is 36.7 Å². The number of carbonyl (C=O) groups excluding carboxylic acids is 1. The van der Waals surface area contributed by atoms with Crippen molar-refractivity contribution in [3.63, 3.8) is 0 Å². The van der Waals surface area contributed by atoms with E-state index in [1.807, 2.05) is 0 Å². The van der Waals surface area contributed by atoms with Crippen molar-refractivity contribution in [3.05, 3.63) is 23.9 Å². The van der Waals surface area contributed by atoms with Crippen molar-refractivity contribution in [1.29, 1.82) is 0 Å². The number of anilines is 1. The molecule has 0 aromatic carbocycles. The molecule has 0 saturated carbocycles. The van der Waals surface area contributed by atoms with Gasteiger partial charge in [0.1, 0.15) is 11.2 Å². The molecule has 1 atom stereocenters. The van der Waals surface area contributed by atoms with Gasteiger partial charge in [0, 0.05) is 37.6 Å². The number of hydrogen-bond donors (Lipinski definition) is 1. The summed E-state index contributed by atoms with van der Waals surface area (Å²) in [4.78, 5) is 18.0. The molecule has 1 aromatic heterocycles. The molecule has 1 N–H and O–H groups in total. The van der Waals surface area contributed by atoms with E-state index >= 15 is 0 Å². The van der Waals surface area contributed by atoms with Gasteiger partial charge in [-0.25, -0.2) is 13.4 Å². The van der Waals surface area contributed by atoms with Crippen LogP contribution in [0.25, 0.3) is 0 Å². The van der Waals surface area contributed by atoms with Gasteiger partial charge in [-0.05, 0) is 12.1 Å². The molecule has 0 bridgehead atoms. The predicted molar refractivity (Wildman–Crippen MR) is 80.8 cm³/mol. The molecule has 1 aromatic rings. The zero-order chi connectivity index (χ0) is 14.8. The molecular formula is C12H17N3O3S2. The van der Waals surface area contributed by atoms with Crippen LogP contribution >= 0.6 is 11.8 Å². The summed E-state index contributed by atoms with van der Waals surface area (Å²) in [6.45, 7) is 0.439. The predicted octanol–water partition coefficient (Wildman–Crippen LogP) is 0.683. The maximum Gasteiger partial charge on any atom is 0.256 e. The van der Waals surface area contributed by atoms with E-state index in [2.05, 4.69) is 10.3 Å². The molecule has 6 nitrogen and oxygen atoms in total. The summed E-state index contributed by atoms with van der Waals surface area (Å²) in [7, 11) is -1.55. The van der Waals surface area contributed by atoms with Crippen LogP contribution < -0.4 is 5.32 Å². The molecule has 1 saturated heterocycles. The highest BCUT2D eigenvalue weighted by Crippen LogP contribution is 2.22. The lowest BCUT2D eigenvalue weighted by Crippen LogP contribution is -2.49. The topological polar surface area (TPSA) is 79.4 Å². The molecule has 1 unspecified atom stereocenters. The zero-order valence-corrected chi connectivity index (χ0v) is 13.0. The normalized spacial score (nSPS) is 19.7. The SMILES string of the molecule is CNc1ccc(C(=O)N2CCSCC2S(C)(=O)=O)cn1. The van der Waals surface area contributed by atoms with Gasteiger partial charge in [-0.3, -0.25) is 4.79 Å². The fraction of sp³-hybridized carbons (Fsp3) is 0.500. The maximum absolute atomic E-state index is 12.4. The highest BCUT2D eigenvalue weighted by Gasteiger charge is 2.34. The molecule has 1 fully saturated rings. The minimum atomic E-state index is -3.29. The van der Waals surface area contributed by atoms with Gasteiger partial charge in [0.05, 0.1) is 5.56 Å². The van der Waals surface area contributed by atoms with Crippen molar-refractivity contribution in [2.45, 2.75) is 5.37 Å². The summed E-state index contributed by atoms with van der Waals surface area (Å²) < 4.78 is 23.6. The molecule has 2 rings (SSSR count). The minimum absolute atomic E-state index is 0.282. The smallest absolute Gasteiger partial charge is 0.256 e. The van der Waals surface area contributed by atoms with Crippen molar-refractivity contribution in [2.24, 2.45) is 0 Å². The van der Waals surface area contributed by atoms with E-state index in [0.29, 0.717) is 23.7 Å². The van der Waals surface area contributed by atoms with Crippen LogP contribution in [0.4, 0.5) is 5.82 Å². The number of hydrogen-bond acceptors (Lipinski definition) is 6.